The Morgan fingerprint density at radius 2 is 2.11 bits per heavy atom. The van der Waals surface area contributed by atoms with E-state index in [0.717, 1.165) is 24.9 Å². The minimum atomic E-state index is -1.19. The number of carboxylic acids is 1. The molecular formula is C13H16N3O2S-. The number of hydrazone groups is 1. The summed E-state index contributed by atoms with van der Waals surface area (Å²) in [5.41, 5.74) is 3.60. The van der Waals surface area contributed by atoms with Crippen LogP contribution in [0.3, 0.4) is 0 Å². The number of benzene rings is 1. The monoisotopic (exact) mass is 278 g/mol. The predicted octanol–water partition coefficient (Wildman–Crippen LogP) is 0.648. The van der Waals surface area contributed by atoms with Gasteiger partial charge in [0.15, 0.2) is 5.11 Å². The van der Waals surface area contributed by atoms with Gasteiger partial charge in [0.25, 0.3) is 0 Å². The van der Waals surface area contributed by atoms with Crippen molar-refractivity contribution in [3.05, 3.63) is 35.4 Å². The van der Waals surface area contributed by atoms with Gasteiger partial charge in [-0.3, -0.25) is 5.43 Å². The Morgan fingerprint density at radius 3 is 2.68 bits per heavy atom. The fraction of sp³-hybridized carbons (Fsp3) is 0.308. The minimum absolute atomic E-state index is 0.141. The largest absolute Gasteiger partial charge is 0.545 e. The molecular weight excluding hydrogens is 262 g/mol. The van der Waals surface area contributed by atoms with Gasteiger partial charge in [-0.1, -0.05) is 37.6 Å². The molecule has 2 N–H and O–H groups in total. The molecule has 0 amide bonds. The maximum absolute atomic E-state index is 10.6. The second kappa shape index (κ2) is 8.20. The summed E-state index contributed by atoms with van der Waals surface area (Å²) in [6.07, 6.45) is 3.72. The van der Waals surface area contributed by atoms with Crippen molar-refractivity contribution in [1.29, 1.82) is 0 Å². The Hall–Kier alpha value is -1.95. The third kappa shape index (κ3) is 5.96. The van der Waals surface area contributed by atoms with Gasteiger partial charge in [0.1, 0.15) is 0 Å². The number of carbonyl (C=O) groups is 1. The molecule has 1 aromatic carbocycles. The first-order valence-corrected chi connectivity index (χ1v) is 6.42. The molecule has 0 aromatic heterocycles. The lowest BCUT2D eigenvalue weighted by Gasteiger charge is -2.05. The normalized spacial score (nSPS) is 10.4. The molecule has 102 valence electrons. The Labute approximate surface area is 117 Å². The molecule has 0 fully saturated rings. The zero-order valence-corrected chi connectivity index (χ0v) is 11.5. The van der Waals surface area contributed by atoms with Gasteiger partial charge < -0.3 is 15.2 Å². The molecule has 0 saturated heterocycles. The van der Waals surface area contributed by atoms with Crippen LogP contribution in [0.4, 0.5) is 0 Å². The van der Waals surface area contributed by atoms with Crippen molar-refractivity contribution in [2.24, 2.45) is 5.10 Å². The SMILES string of the molecule is CCCCNC(=S)N/N=C\c1ccc(C(=O)[O-])cc1. The molecule has 0 unspecified atom stereocenters. The van der Waals surface area contributed by atoms with Crippen molar-refractivity contribution < 1.29 is 9.90 Å². The topological polar surface area (TPSA) is 76.5 Å². The molecule has 0 saturated carbocycles. The smallest absolute Gasteiger partial charge is 0.186 e. The van der Waals surface area contributed by atoms with Crippen molar-refractivity contribution in [1.82, 2.24) is 10.7 Å². The van der Waals surface area contributed by atoms with Crippen LogP contribution in [-0.4, -0.2) is 23.8 Å². The summed E-state index contributed by atoms with van der Waals surface area (Å²) in [6.45, 7) is 2.92. The number of aromatic carboxylic acids is 1. The highest BCUT2D eigenvalue weighted by atomic mass is 32.1. The van der Waals surface area contributed by atoms with Gasteiger partial charge in [0.2, 0.25) is 0 Å². The quantitative estimate of drug-likeness (QED) is 0.346. The van der Waals surface area contributed by atoms with Gasteiger partial charge in [-0.2, -0.15) is 5.10 Å². The highest BCUT2D eigenvalue weighted by Crippen LogP contribution is 2.00. The Morgan fingerprint density at radius 1 is 1.42 bits per heavy atom. The summed E-state index contributed by atoms with van der Waals surface area (Å²) in [5, 5.41) is 18.0. The molecule has 0 spiro atoms. The van der Waals surface area contributed by atoms with E-state index in [-0.39, 0.29) is 5.56 Å². The minimum Gasteiger partial charge on any atom is -0.545 e. The van der Waals surface area contributed by atoms with E-state index in [2.05, 4.69) is 22.8 Å². The summed E-state index contributed by atoms with van der Waals surface area (Å²) >= 11 is 5.02. The molecule has 19 heavy (non-hydrogen) atoms. The first-order chi connectivity index (χ1) is 9.13. The number of rotatable bonds is 6. The van der Waals surface area contributed by atoms with E-state index in [4.69, 9.17) is 12.2 Å². The maximum Gasteiger partial charge on any atom is 0.186 e. The van der Waals surface area contributed by atoms with Crippen molar-refractivity contribution in [3.63, 3.8) is 0 Å². The molecule has 5 nitrogen and oxygen atoms in total. The second-order valence-corrected chi connectivity index (χ2v) is 4.30. The lowest BCUT2D eigenvalue weighted by atomic mass is 10.1. The zero-order valence-electron chi connectivity index (χ0n) is 10.7. The van der Waals surface area contributed by atoms with Crippen LogP contribution in [0.15, 0.2) is 29.4 Å². The van der Waals surface area contributed by atoms with E-state index in [1.807, 2.05) is 0 Å². The number of thiocarbonyl (C=S) groups is 1. The number of nitrogens with zero attached hydrogens (tertiary/aromatic N) is 1. The number of hydrogen-bond donors (Lipinski definition) is 2. The number of carboxylic acid groups (broad SMARTS) is 1. The van der Waals surface area contributed by atoms with Crippen molar-refractivity contribution in [2.75, 3.05) is 6.54 Å². The van der Waals surface area contributed by atoms with Gasteiger partial charge in [-0.25, -0.2) is 0 Å². The highest BCUT2D eigenvalue weighted by Gasteiger charge is 1.94. The zero-order chi connectivity index (χ0) is 14.1. The fourth-order valence-electron chi connectivity index (χ4n) is 1.29. The van der Waals surface area contributed by atoms with Crippen molar-refractivity contribution in [2.45, 2.75) is 19.8 Å². The number of nitrogens with one attached hydrogen (secondary N) is 2. The van der Waals surface area contributed by atoms with E-state index >= 15 is 0 Å². The van der Waals surface area contributed by atoms with Crippen LogP contribution in [0.5, 0.6) is 0 Å². The number of hydrogen-bond acceptors (Lipinski definition) is 4. The van der Waals surface area contributed by atoms with Crippen LogP contribution < -0.4 is 15.8 Å². The van der Waals surface area contributed by atoms with Gasteiger partial charge in [0.05, 0.1) is 12.2 Å². The maximum atomic E-state index is 10.6. The van der Waals surface area contributed by atoms with Crippen LogP contribution in [0.2, 0.25) is 0 Å². The second-order valence-electron chi connectivity index (χ2n) is 3.89. The van der Waals surface area contributed by atoms with E-state index < -0.39 is 5.97 Å². The fourth-order valence-corrected chi connectivity index (χ4v) is 1.44. The molecule has 0 heterocycles. The molecule has 1 rings (SSSR count). The van der Waals surface area contributed by atoms with E-state index in [1.54, 1.807) is 18.3 Å². The third-order valence-electron chi connectivity index (χ3n) is 2.34. The summed E-state index contributed by atoms with van der Waals surface area (Å²) in [6, 6.07) is 6.22. The van der Waals surface area contributed by atoms with Gasteiger partial charge >= 0.3 is 0 Å². The van der Waals surface area contributed by atoms with Crippen LogP contribution in [0.25, 0.3) is 0 Å². The average molecular weight is 278 g/mol. The summed E-state index contributed by atoms with van der Waals surface area (Å²) in [7, 11) is 0. The predicted molar refractivity (Wildman–Crippen MR) is 77.0 cm³/mol. The average Bonchev–Trinajstić information content (AvgIpc) is 2.39. The summed E-state index contributed by atoms with van der Waals surface area (Å²) in [4.78, 5) is 10.6. The van der Waals surface area contributed by atoms with Gasteiger partial charge in [0, 0.05) is 6.54 Å². The molecule has 1 aromatic rings. The standard InChI is InChI=1S/C13H17N3O2S/c1-2-3-8-14-13(19)16-15-9-10-4-6-11(7-5-10)12(17)18/h4-7,9H,2-3,8H2,1H3,(H,17,18)(H2,14,16,19)/p-1/b15-9-. The Balaban J connectivity index is 2.40. The van der Waals surface area contributed by atoms with Crippen molar-refractivity contribution >= 4 is 29.5 Å². The van der Waals surface area contributed by atoms with Crippen LogP contribution in [0, 0.1) is 0 Å². The third-order valence-corrected chi connectivity index (χ3v) is 2.58. The highest BCUT2D eigenvalue weighted by molar-refractivity contribution is 7.80. The first kappa shape index (κ1) is 15.1. The van der Waals surface area contributed by atoms with E-state index in [0.29, 0.717) is 5.11 Å². The van der Waals surface area contributed by atoms with Gasteiger partial charge in [-0.05, 0) is 29.8 Å². The van der Waals surface area contributed by atoms with Crippen molar-refractivity contribution in [3.8, 4) is 0 Å². The Kier molecular flexibility index (Phi) is 6.52. The van der Waals surface area contributed by atoms with E-state index in [1.165, 1.54) is 12.1 Å². The molecule has 0 bridgehead atoms. The Bertz CT molecular complexity index is 457. The van der Waals surface area contributed by atoms with E-state index in [9.17, 15) is 9.90 Å². The molecule has 0 radical (unpaired) electrons. The molecule has 0 aliphatic rings. The van der Waals surface area contributed by atoms with Gasteiger partial charge in [-0.15, -0.1) is 0 Å². The molecule has 0 aliphatic carbocycles. The number of carbonyl (C=O) groups excluding carboxylic acids is 1. The first-order valence-electron chi connectivity index (χ1n) is 6.01. The summed E-state index contributed by atoms with van der Waals surface area (Å²) in [5.74, 6) is -1.19. The lowest BCUT2D eigenvalue weighted by Crippen LogP contribution is -2.32. The lowest BCUT2D eigenvalue weighted by molar-refractivity contribution is -0.255. The van der Waals surface area contributed by atoms with Crippen LogP contribution in [-0.2, 0) is 0 Å². The van der Waals surface area contributed by atoms with Crippen LogP contribution in [0.1, 0.15) is 35.7 Å². The molecule has 0 atom stereocenters. The number of unbranched alkanes of at least 4 members (excludes halogenated alkanes) is 1. The molecule has 0 aliphatic heterocycles. The van der Waals surface area contributed by atoms with Crippen LogP contribution >= 0.6 is 12.2 Å². The summed E-state index contributed by atoms with van der Waals surface area (Å²) < 4.78 is 0. The molecule has 6 heteroatoms.